The maximum atomic E-state index is 13.0. The maximum absolute atomic E-state index is 13.0. The summed E-state index contributed by atoms with van der Waals surface area (Å²) in [5, 5.41) is 11.9. The van der Waals surface area contributed by atoms with Gasteiger partial charge in [-0.15, -0.1) is 0 Å². The lowest BCUT2D eigenvalue weighted by molar-refractivity contribution is -0.180. The molecule has 0 bridgehead atoms. The molecule has 5 aliphatic rings. The molecule has 1 heterocycles. The number of cyclic esters (lactones) is 1. The van der Waals surface area contributed by atoms with Crippen molar-refractivity contribution >= 4 is 11.8 Å². The molecule has 0 aromatic rings. The minimum absolute atomic E-state index is 0.0450. The molecule has 4 heteroatoms. The van der Waals surface area contributed by atoms with Crippen molar-refractivity contribution in [3.05, 3.63) is 47.1 Å². The zero-order valence-electron chi connectivity index (χ0n) is 20.0. The van der Waals surface area contributed by atoms with Crippen LogP contribution >= 0.6 is 0 Å². The molecule has 0 amide bonds. The molecule has 1 aliphatic heterocycles. The fourth-order valence-electron chi connectivity index (χ4n) is 8.08. The molecular formula is C28H36O4. The largest absolute Gasteiger partial charge is 0.456 e. The van der Waals surface area contributed by atoms with Crippen molar-refractivity contribution in [2.45, 2.75) is 78.4 Å². The van der Waals surface area contributed by atoms with Gasteiger partial charge >= 0.3 is 5.97 Å². The smallest absolute Gasteiger partial charge is 0.334 e. The molecule has 0 spiro atoms. The lowest BCUT2D eigenvalue weighted by Gasteiger charge is -2.56. The lowest BCUT2D eigenvalue weighted by atomic mass is 9.48. The van der Waals surface area contributed by atoms with E-state index in [1.165, 1.54) is 0 Å². The Labute approximate surface area is 191 Å². The molecule has 2 saturated carbocycles. The maximum Gasteiger partial charge on any atom is 0.334 e. The molecule has 1 N–H and O–H groups in total. The van der Waals surface area contributed by atoms with Crippen molar-refractivity contribution in [1.82, 2.24) is 0 Å². The number of carbonyl (C=O) groups is 2. The van der Waals surface area contributed by atoms with Gasteiger partial charge in [-0.25, -0.2) is 4.79 Å². The van der Waals surface area contributed by atoms with Crippen LogP contribution in [0.2, 0.25) is 0 Å². The minimum atomic E-state index is -1.08. The summed E-state index contributed by atoms with van der Waals surface area (Å²) in [4.78, 5) is 25.4. The van der Waals surface area contributed by atoms with Crippen molar-refractivity contribution < 1.29 is 19.4 Å². The fraction of sp³-hybridized carbons (Fsp3) is 0.643. The predicted molar refractivity (Wildman–Crippen MR) is 124 cm³/mol. The first-order chi connectivity index (χ1) is 15.0. The van der Waals surface area contributed by atoms with Gasteiger partial charge in [-0.2, -0.15) is 0 Å². The van der Waals surface area contributed by atoms with E-state index >= 15 is 0 Å². The van der Waals surface area contributed by atoms with E-state index in [4.69, 9.17) is 4.74 Å². The molecule has 2 fully saturated rings. The summed E-state index contributed by atoms with van der Waals surface area (Å²) in [6.07, 6.45) is 14.3. The molecule has 172 valence electrons. The predicted octanol–water partition coefficient (Wildman–Crippen LogP) is 5.09. The normalized spacial score (nSPS) is 44.9. The molecular weight excluding hydrogens is 400 g/mol. The van der Waals surface area contributed by atoms with Crippen LogP contribution in [0, 0.1) is 34.5 Å². The van der Waals surface area contributed by atoms with Gasteiger partial charge in [0.15, 0.2) is 5.78 Å². The Bertz CT molecular complexity index is 995. The van der Waals surface area contributed by atoms with Crippen molar-refractivity contribution in [2.24, 2.45) is 34.5 Å². The molecule has 8 atom stereocenters. The van der Waals surface area contributed by atoms with Crippen LogP contribution in [0.5, 0.6) is 0 Å². The Kier molecular flexibility index (Phi) is 4.81. The SMILES string of the molecule is CC1=C(C)C(=O)O[C@@H]([C@](C)(O)[C@H]2CC[C@H]3[C@@H]4C=CC5=CC=CC(=O)[C@]5(C)[C@H]4CC[C@]23C)C1. The highest BCUT2D eigenvalue weighted by molar-refractivity contribution is 5.99. The van der Waals surface area contributed by atoms with Crippen molar-refractivity contribution in [3.8, 4) is 0 Å². The summed E-state index contributed by atoms with van der Waals surface area (Å²) in [6, 6.07) is 0. The van der Waals surface area contributed by atoms with E-state index in [2.05, 4.69) is 32.1 Å². The van der Waals surface area contributed by atoms with E-state index in [1.54, 1.807) is 13.0 Å². The molecule has 4 nitrogen and oxygen atoms in total. The van der Waals surface area contributed by atoms with Gasteiger partial charge in [-0.3, -0.25) is 4.79 Å². The van der Waals surface area contributed by atoms with Gasteiger partial charge in [-0.1, -0.05) is 36.8 Å². The standard InChI is InChI=1S/C28H36O4/c1-16-15-24(32-25(30)17(16)2)28(5,31)22-12-11-20-19-10-9-18-7-6-8-23(29)27(18,4)21(19)13-14-26(20,22)3/h6-10,19-22,24,31H,11-15H2,1-5H3/t19-,20-,21-,22-,24+,26-,27-,28+/m0/s1. The van der Waals surface area contributed by atoms with E-state index in [0.29, 0.717) is 29.7 Å². The molecule has 0 radical (unpaired) electrons. The molecule has 4 aliphatic carbocycles. The Morgan fingerprint density at radius 3 is 2.56 bits per heavy atom. The van der Waals surface area contributed by atoms with Crippen molar-refractivity contribution in [2.75, 3.05) is 0 Å². The second-order valence-electron chi connectivity index (χ2n) is 11.6. The first-order valence-corrected chi connectivity index (χ1v) is 12.2. The van der Waals surface area contributed by atoms with Gasteiger partial charge in [-0.05, 0) is 94.1 Å². The van der Waals surface area contributed by atoms with Crippen LogP contribution in [0.3, 0.4) is 0 Å². The zero-order chi connectivity index (χ0) is 23.1. The molecule has 32 heavy (non-hydrogen) atoms. The van der Waals surface area contributed by atoms with E-state index in [1.807, 2.05) is 19.9 Å². The van der Waals surface area contributed by atoms with Gasteiger partial charge < -0.3 is 9.84 Å². The minimum Gasteiger partial charge on any atom is -0.456 e. The molecule has 0 aromatic heterocycles. The summed E-state index contributed by atoms with van der Waals surface area (Å²) in [6.45, 7) is 10.1. The van der Waals surface area contributed by atoms with Gasteiger partial charge in [0.05, 0.1) is 5.41 Å². The second kappa shape index (κ2) is 7.03. The van der Waals surface area contributed by atoms with E-state index < -0.39 is 17.1 Å². The Balaban J connectivity index is 1.46. The van der Waals surface area contributed by atoms with E-state index in [9.17, 15) is 14.7 Å². The number of aliphatic hydroxyl groups is 1. The van der Waals surface area contributed by atoms with Crippen LogP contribution in [0.25, 0.3) is 0 Å². The van der Waals surface area contributed by atoms with E-state index in [0.717, 1.165) is 36.8 Å². The van der Waals surface area contributed by atoms with E-state index in [-0.39, 0.29) is 23.1 Å². The number of ketones is 1. The summed E-state index contributed by atoms with van der Waals surface area (Å²) < 4.78 is 5.76. The van der Waals surface area contributed by atoms with Gasteiger partial charge in [0.2, 0.25) is 0 Å². The molecule has 0 saturated heterocycles. The number of allylic oxidation sites excluding steroid dienone is 6. The quantitative estimate of drug-likeness (QED) is 0.613. The summed E-state index contributed by atoms with van der Waals surface area (Å²) in [5.41, 5.74) is 1.27. The summed E-state index contributed by atoms with van der Waals surface area (Å²) >= 11 is 0. The third-order valence-corrected chi connectivity index (χ3v) is 10.3. The topological polar surface area (TPSA) is 63.6 Å². The Morgan fingerprint density at radius 2 is 1.84 bits per heavy atom. The van der Waals surface area contributed by atoms with Gasteiger partial charge in [0, 0.05) is 12.0 Å². The van der Waals surface area contributed by atoms with Crippen LogP contribution in [0.4, 0.5) is 0 Å². The van der Waals surface area contributed by atoms with Crippen LogP contribution in [-0.2, 0) is 14.3 Å². The van der Waals surface area contributed by atoms with Crippen LogP contribution < -0.4 is 0 Å². The monoisotopic (exact) mass is 436 g/mol. The first kappa shape index (κ1) is 21.9. The van der Waals surface area contributed by atoms with Gasteiger partial charge in [0.25, 0.3) is 0 Å². The highest BCUT2D eigenvalue weighted by atomic mass is 16.6. The number of hydrogen-bond donors (Lipinski definition) is 1. The lowest BCUT2D eigenvalue weighted by Crippen LogP contribution is -2.57. The Hall–Kier alpha value is -1.94. The Morgan fingerprint density at radius 1 is 1.09 bits per heavy atom. The molecule has 0 unspecified atom stereocenters. The third-order valence-electron chi connectivity index (χ3n) is 10.3. The number of carbonyl (C=O) groups excluding carboxylic acids is 2. The summed E-state index contributed by atoms with van der Waals surface area (Å²) in [7, 11) is 0. The number of fused-ring (bicyclic) bond motifs is 5. The third kappa shape index (κ3) is 2.77. The van der Waals surface area contributed by atoms with Crippen LogP contribution in [0.1, 0.15) is 66.7 Å². The fourth-order valence-corrected chi connectivity index (χ4v) is 8.08. The number of esters is 1. The number of hydrogen-bond acceptors (Lipinski definition) is 4. The van der Waals surface area contributed by atoms with Crippen LogP contribution in [0.15, 0.2) is 47.1 Å². The average molecular weight is 437 g/mol. The highest BCUT2D eigenvalue weighted by Crippen LogP contribution is 2.66. The second-order valence-corrected chi connectivity index (χ2v) is 11.6. The number of rotatable bonds is 2. The summed E-state index contributed by atoms with van der Waals surface area (Å²) in [5.74, 6) is 1.05. The highest BCUT2D eigenvalue weighted by Gasteiger charge is 2.63. The average Bonchev–Trinajstić information content (AvgIpc) is 3.10. The van der Waals surface area contributed by atoms with Crippen molar-refractivity contribution in [3.63, 3.8) is 0 Å². The van der Waals surface area contributed by atoms with Crippen LogP contribution in [-0.4, -0.2) is 28.6 Å². The first-order valence-electron chi connectivity index (χ1n) is 12.2. The molecule has 0 aromatic carbocycles. The number of ether oxygens (including phenoxy) is 1. The van der Waals surface area contributed by atoms with Crippen molar-refractivity contribution in [1.29, 1.82) is 0 Å². The molecule has 5 rings (SSSR count). The zero-order valence-corrected chi connectivity index (χ0v) is 20.0. The van der Waals surface area contributed by atoms with Gasteiger partial charge in [0.1, 0.15) is 11.7 Å².